The van der Waals surface area contributed by atoms with E-state index in [-0.39, 0.29) is 6.10 Å². The average molecular weight is 189 g/mol. The lowest BCUT2D eigenvalue weighted by atomic mass is 10.1. The topological polar surface area (TPSA) is 13.6 Å². The SMILES string of the molecule is [C-]#[N+]CCc1ccc(OC(C)C)cc1. The molecule has 2 nitrogen and oxygen atoms in total. The fourth-order valence-electron chi connectivity index (χ4n) is 1.19. The van der Waals surface area contributed by atoms with Crippen molar-refractivity contribution in [2.45, 2.75) is 26.4 Å². The van der Waals surface area contributed by atoms with Crippen molar-refractivity contribution in [1.82, 2.24) is 0 Å². The molecule has 0 unspecified atom stereocenters. The van der Waals surface area contributed by atoms with Gasteiger partial charge in [-0.15, -0.1) is 0 Å². The predicted octanol–water partition coefficient (Wildman–Crippen LogP) is 2.94. The van der Waals surface area contributed by atoms with E-state index >= 15 is 0 Å². The molecular weight excluding hydrogens is 174 g/mol. The van der Waals surface area contributed by atoms with Crippen LogP contribution >= 0.6 is 0 Å². The maximum absolute atomic E-state index is 6.69. The Morgan fingerprint density at radius 1 is 1.29 bits per heavy atom. The molecular formula is C12H15NO. The molecule has 0 fully saturated rings. The Bertz CT molecular complexity index is 308. The van der Waals surface area contributed by atoms with Gasteiger partial charge in [0.05, 0.1) is 6.10 Å². The average Bonchev–Trinajstić information content (AvgIpc) is 2.16. The van der Waals surface area contributed by atoms with Crippen LogP contribution in [0.4, 0.5) is 0 Å². The van der Waals surface area contributed by atoms with Crippen LogP contribution in [0.1, 0.15) is 19.4 Å². The van der Waals surface area contributed by atoms with Crippen LogP contribution in [0.25, 0.3) is 4.85 Å². The smallest absolute Gasteiger partial charge is 0.218 e. The van der Waals surface area contributed by atoms with E-state index in [9.17, 15) is 0 Å². The number of hydrogen-bond donors (Lipinski definition) is 0. The molecule has 1 aromatic rings. The van der Waals surface area contributed by atoms with Crippen molar-refractivity contribution >= 4 is 0 Å². The Labute approximate surface area is 85.3 Å². The first kappa shape index (κ1) is 10.6. The minimum absolute atomic E-state index is 0.212. The zero-order chi connectivity index (χ0) is 10.4. The molecule has 0 radical (unpaired) electrons. The third-order valence-electron chi connectivity index (χ3n) is 1.81. The Morgan fingerprint density at radius 2 is 1.93 bits per heavy atom. The van der Waals surface area contributed by atoms with Crippen LogP contribution < -0.4 is 4.74 Å². The lowest BCUT2D eigenvalue weighted by Gasteiger charge is -2.09. The van der Waals surface area contributed by atoms with Crippen LogP contribution in [0, 0.1) is 6.57 Å². The molecule has 0 saturated carbocycles. The molecule has 0 N–H and O–H groups in total. The minimum Gasteiger partial charge on any atom is -0.491 e. The first-order valence-electron chi connectivity index (χ1n) is 4.81. The van der Waals surface area contributed by atoms with Crippen LogP contribution in [0.5, 0.6) is 5.75 Å². The summed E-state index contributed by atoms with van der Waals surface area (Å²) < 4.78 is 5.51. The van der Waals surface area contributed by atoms with Crippen molar-refractivity contribution in [3.05, 3.63) is 41.2 Å². The molecule has 0 aliphatic carbocycles. The highest BCUT2D eigenvalue weighted by molar-refractivity contribution is 5.27. The summed E-state index contributed by atoms with van der Waals surface area (Å²) in [5.41, 5.74) is 1.19. The third-order valence-corrected chi connectivity index (χ3v) is 1.81. The van der Waals surface area contributed by atoms with Crippen LogP contribution in [-0.2, 0) is 6.42 Å². The quantitative estimate of drug-likeness (QED) is 0.664. The van der Waals surface area contributed by atoms with Crippen molar-refractivity contribution in [3.63, 3.8) is 0 Å². The second-order valence-electron chi connectivity index (χ2n) is 3.44. The summed E-state index contributed by atoms with van der Waals surface area (Å²) in [6, 6.07) is 7.95. The van der Waals surface area contributed by atoms with E-state index in [1.165, 1.54) is 5.56 Å². The van der Waals surface area contributed by atoms with Crippen LogP contribution in [0.3, 0.4) is 0 Å². The van der Waals surface area contributed by atoms with Gasteiger partial charge >= 0.3 is 0 Å². The molecule has 0 amide bonds. The van der Waals surface area contributed by atoms with E-state index in [0.29, 0.717) is 6.54 Å². The molecule has 1 aromatic carbocycles. The van der Waals surface area contributed by atoms with Gasteiger partial charge in [-0.1, -0.05) is 12.1 Å². The van der Waals surface area contributed by atoms with Gasteiger partial charge in [-0.05, 0) is 31.5 Å². The summed E-state index contributed by atoms with van der Waals surface area (Å²) in [6.45, 7) is 11.3. The second-order valence-corrected chi connectivity index (χ2v) is 3.44. The standard InChI is InChI=1S/C12H15NO/c1-10(2)14-12-6-4-11(5-7-12)8-9-13-3/h4-7,10H,8-9H2,1-2H3. The van der Waals surface area contributed by atoms with Crippen molar-refractivity contribution in [2.75, 3.05) is 6.54 Å². The summed E-state index contributed by atoms with van der Waals surface area (Å²) in [5.74, 6) is 0.895. The van der Waals surface area contributed by atoms with E-state index in [1.54, 1.807) is 0 Å². The van der Waals surface area contributed by atoms with E-state index < -0.39 is 0 Å². The number of hydrogen-bond acceptors (Lipinski definition) is 1. The summed E-state index contributed by atoms with van der Waals surface area (Å²) in [6.07, 6.45) is 1.04. The Balaban J connectivity index is 2.56. The van der Waals surface area contributed by atoms with Crippen LogP contribution in [0.15, 0.2) is 24.3 Å². The highest BCUT2D eigenvalue weighted by Crippen LogP contribution is 2.14. The zero-order valence-electron chi connectivity index (χ0n) is 8.66. The van der Waals surface area contributed by atoms with Crippen molar-refractivity contribution < 1.29 is 4.74 Å². The van der Waals surface area contributed by atoms with Gasteiger partial charge in [-0.25, -0.2) is 6.57 Å². The summed E-state index contributed by atoms with van der Waals surface area (Å²) in [7, 11) is 0. The Morgan fingerprint density at radius 3 is 2.43 bits per heavy atom. The van der Waals surface area contributed by atoms with E-state index in [0.717, 1.165) is 12.2 Å². The summed E-state index contributed by atoms with van der Waals surface area (Å²) in [4.78, 5) is 3.32. The number of benzene rings is 1. The third kappa shape index (κ3) is 3.49. The summed E-state index contributed by atoms with van der Waals surface area (Å²) in [5, 5.41) is 0. The normalized spacial score (nSPS) is 9.86. The van der Waals surface area contributed by atoms with Crippen LogP contribution in [0.2, 0.25) is 0 Å². The molecule has 0 aromatic heterocycles. The molecule has 0 atom stereocenters. The molecule has 74 valence electrons. The van der Waals surface area contributed by atoms with Crippen LogP contribution in [-0.4, -0.2) is 12.6 Å². The zero-order valence-corrected chi connectivity index (χ0v) is 8.66. The first-order valence-corrected chi connectivity index (χ1v) is 4.81. The molecule has 0 spiro atoms. The lowest BCUT2D eigenvalue weighted by molar-refractivity contribution is 0.242. The molecule has 2 heteroatoms. The molecule has 0 aliphatic heterocycles. The molecule has 14 heavy (non-hydrogen) atoms. The number of nitrogens with zero attached hydrogens (tertiary/aromatic N) is 1. The number of rotatable bonds is 4. The van der Waals surface area contributed by atoms with Gasteiger partial charge in [0.25, 0.3) is 0 Å². The van der Waals surface area contributed by atoms with Crippen molar-refractivity contribution in [2.24, 2.45) is 0 Å². The van der Waals surface area contributed by atoms with Gasteiger partial charge in [0.2, 0.25) is 6.54 Å². The summed E-state index contributed by atoms with van der Waals surface area (Å²) >= 11 is 0. The van der Waals surface area contributed by atoms with E-state index in [2.05, 4.69) is 4.85 Å². The molecule has 0 saturated heterocycles. The second kappa shape index (κ2) is 5.29. The predicted molar refractivity (Wildman–Crippen MR) is 57.4 cm³/mol. The Kier molecular flexibility index (Phi) is 4.00. The van der Waals surface area contributed by atoms with Gasteiger partial charge in [0.1, 0.15) is 5.75 Å². The van der Waals surface area contributed by atoms with Gasteiger partial charge in [0.15, 0.2) is 0 Å². The fraction of sp³-hybridized carbons (Fsp3) is 0.417. The highest BCUT2D eigenvalue weighted by Gasteiger charge is 1.98. The Hall–Kier alpha value is -1.49. The molecule has 0 heterocycles. The lowest BCUT2D eigenvalue weighted by Crippen LogP contribution is -2.05. The van der Waals surface area contributed by atoms with E-state index in [1.807, 2.05) is 38.1 Å². The van der Waals surface area contributed by atoms with Gasteiger partial charge in [0, 0.05) is 6.42 Å². The van der Waals surface area contributed by atoms with Crippen molar-refractivity contribution in [1.29, 1.82) is 0 Å². The minimum atomic E-state index is 0.212. The fourth-order valence-corrected chi connectivity index (χ4v) is 1.19. The van der Waals surface area contributed by atoms with Gasteiger partial charge in [-0.2, -0.15) is 0 Å². The molecule has 0 aliphatic rings. The molecule has 1 rings (SSSR count). The van der Waals surface area contributed by atoms with Gasteiger partial charge < -0.3 is 9.58 Å². The van der Waals surface area contributed by atoms with E-state index in [4.69, 9.17) is 11.3 Å². The monoisotopic (exact) mass is 189 g/mol. The highest BCUT2D eigenvalue weighted by atomic mass is 16.5. The maximum atomic E-state index is 6.69. The maximum Gasteiger partial charge on any atom is 0.218 e. The van der Waals surface area contributed by atoms with Crippen molar-refractivity contribution in [3.8, 4) is 5.75 Å². The largest absolute Gasteiger partial charge is 0.491 e. The molecule has 0 bridgehead atoms. The van der Waals surface area contributed by atoms with Gasteiger partial charge in [-0.3, -0.25) is 0 Å². The number of ether oxygens (including phenoxy) is 1. The first-order chi connectivity index (χ1) is 6.72.